The number of carbonyl (C=O) groups excluding carboxylic acids is 2. The third-order valence-corrected chi connectivity index (χ3v) is 3.68. The van der Waals surface area contributed by atoms with E-state index in [2.05, 4.69) is 15.5 Å². The van der Waals surface area contributed by atoms with Crippen LogP contribution in [0, 0.1) is 0 Å². The molecule has 1 aliphatic rings. The Bertz CT molecular complexity index is 584. The van der Waals surface area contributed by atoms with Crippen molar-refractivity contribution < 1.29 is 14.7 Å². The number of aliphatic carboxylic acids is 1. The van der Waals surface area contributed by atoms with Crippen molar-refractivity contribution in [2.24, 2.45) is 10.2 Å². The van der Waals surface area contributed by atoms with Gasteiger partial charge >= 0.3 is 0 Å². The quantitative estimate of drug-likeness (QED) is 0.630. The standard InChI is InChI=1S/C13H13N3O3S/c1-8(9-5-3-2-4-6-9)15-16-13-14-12(19)10(20-13)7-11(17)18/h2-6,10H,7H2,1H3,(H,17,18)(H,14,16,19)/p-1/b15-8+. The number of amides is 1. The van der Waals surface area contributed by atoms with Gasteiger partial charge in [-0.1, -0.05) is 42.1 Å². The number of benzene rings is 1. The molecule has 0 spiro atoms. The SMILES string of the molecule is C/C(=N\N=C1/NC(=O)C(CC(=O)[O-])S1)c1ccccc1. The molecule has 6 nitrogen and oxygen atoms in total. The molecule has 1 amide bonds. The fourth-order valence-electron chi connectivity index (χ4n) is 1.60. The first-order valence-electron chi connectivity index (χ1n) is 5.91. The van der Waals surface area contributed by atoms with Crippen LogP contribution in [0.5, 0.6) is 0 Å². The van der Waals surface area contributed by atoms with Gasteiger partial charge in [-0.05, 0) is 12.5 Å². The smallest absolute Gasteiger partial charge is 0.239 e. The van der Waals surface area contributed by atoms with Crippen molar-refractivity contribution in [1.82, 2.24) is 5.32 Å². The van der Waals surface area contributed by atoms with Gasteiger partial charge in [0.25, 0.3) is 0 Å². The molecule has 0 saturated carbocycles. The molecule has 7 heteroatoms. The molecular formula is C13H12N3O3S-. The zero-order chi connectivity index (χ0) is 14.5. The van der Waals surface area contributed by atoms with Gasteiger partial charge in [0.1, 0.15) is 0 Å². The van der Waals surface area contributed by atoms with Crippen molar-refractivity contribution in [2.45, 2.75) is 18.6 Å². The Morgan fingerprint density at radius 2 is 2.10 bits per heavy atom. The van der Waals surface area contributed by atoms with Crippen LogP contribution in [-0.2, 0) is 9.59 Å². The summed E-state index contributed by atoms with van der Waals surface area (Å²) in [5.74, 6) is -1.65. The first kappa shape index (κ1) is 14.3. The molecule has 2 rings (SSSR count). The van der Waals surface area contributed by atoms with Crippen molar-refractivity contribution in [1.29, 1.82) is 0 Å². The van der Waals surface area contributed by atoms with E-state index in [1.54, 1.807) is 6.92 Å². The van der Waals surface area contributed by atoms with Gasteiger partial charge < -0.3 is 15.2 Å². The van der Waals surface area contributed by atoms with Crippen LogP contribution in [0.1, 0.15) is 18.9 Å². The number of hydrogen-bond donors (Lipinski definition) is 1. The van der Waals surface area contributed by atoms with E-state index in [9.17, 15) is 14.7 Å². The van der Waals surface area contributed by atoms with E-state index in [1.165, 1.54) is 0 Å². The zero-order valence-corrected chi connectivity index (χ0v) is 11.5. The second kappa shape index (κ2) is 6.33. The zero-order valence-electron chi connectivity index (χ0n) is 10.7. The lowest BCUT2D eigenvalue weighted by molar-refractivity contribution is -0.305. The summed E-state index contributed by atoms with van der Waals surface area (Å²) in [6.45, 7) is 1.81. The van der Waals surface area contributed by atoms with E-state index in [1.807, 2.05) is 30.3 Å². The van der Waals surface area contributed by atoms with Crippen molar-refractivity contribution in [3.63, 3.8) is 0 Å². The van der Waals surface area contributed by atoms with Crippen LogP contribution in [-0.4, -0.2) is 28.0 Å². The molecule has 1 aromatic carbocycles. The Kier molecular flexibility index (Phi) is 4.52. The summed E-state index contributed by atoms with van der Waals surface area (Å²) in [4.78, 5) is 22.0. The van der Waals surface area contributed by atoms with Crippen LogP contribution in [0.2, 0.25) is 0 Å². The lowest BCUT2D eigenvalue weighted by Gasteiger charge is -2.04. The molecule has 1 fully saturated rings. The molecule has 1 heterocycles. The molecule has 20 heavy (non-hydrogen) atoms. The predicted octanol–water partition coefficient (Wildman–Crippen LogP) is 0.138. The molecule has 1 aliphatic heterocycles. The van der Waals surface area contributed by atoms with Crippen molar-refractivity contribution in [3.8, 4) is 0 Å². The normalized spacial score (nSPS) is 21.1. The highest BCUT2D eigenvalue weighted by atomic mass is 32.2. The van der Waals surface area contributed by atoms with E-state index in [4.69, 9.17) is 0 Å². The number of hydrogen-bond acceptors (Lipinski definition) is 6. The molecule has 1 saturated heterocycles. The van der Waals surface area contributed by atoms with Gasteiger partial charge in [0.2, 0.25) is 5.91 Å². The Balaban J connectivity index is 2.06. The van der Waals surface area contributed by atoms with Crippen LogP contribution in [0.3, 0.4) is 0 Å². The summed E-state index contributed by atoms with van der Waals surface area (Å²) < 4.78 is 0. The second-order valence-electron chi connectivity index (χ2n) is 4.13. The Morgan fingerprint density at radius 1 is 1.40 bits per heavy atom. The van der Waals surface area contributed by atoms with Crippen molar-refractivity contribution >= 4 is 34.5 Å². The van der Waals surface area contributed by atoms with Gasteiger partial charge in [-0.2, -0.15) is 5.10 Å². The maximum absolute atomic E-state index is 11.5. The number of nitrogens with one attached hydrogen (secondary N) is 1. The average Bonchev–Trinajstić information content (AvgIpc) is 2.77. The number of carboxylic acid groups (broad SMARTS) is 1. The largest absolute Gasteiger partial charge is 0.550 e. The Labute approximate surface area is 120 Å². The molecule has 0 bridgehead atoms. The fourth-order valence-corrected chi connectivity index (χ4v) is 2.50. The van der Waals surface area contributed by atoms with Gasteiger partial charge in [0.05, 0.1) is 11.0 Å². The second-order valence-corrected chi connectivity index (χ2v) is 5.32. The maximum atomic E-state index is 11.5. The number of amidine groups is 1. The molecule has 1 unspecified atom stereocenters. The third kappa shape index (κ3) is 3.67. The Morgan fingerprint density at radius 3 is 2.75 bits per heavy atom. The van der Waals surface area contributed by atoms with Gasteiger partial charge in [0, 0.05) is 12.4 Å². The van der Waals surface area contributed by atoms with Crippen LogP contribution < -0.4 is 10.4 Å². The number of thioether (sulfide) groups is 1. The highest BCUT2D eigenvalue weighted by molar-refractivity contribution is 8.15. The molecule has 104 valence electrons. The highest BCUT2D eigenvalue weighted by Crippen LogP contribution is 2.22. The summed E-state index contributed by atoms with van der Waals surface area (Å²) >= 11 is 1.05. The summed E-state index contributed by atoms with van der Waals surface area (Å²) in [5.41, 5.74) is 1.63. The molecule has 1 aromatic rings. The molecule has 0 aliphatic carbocycles. The predicted molar refractivity (Wildman–Crippen MR) is 75.2 cm³/mol. The van der Waals surface area contributed by atoms with E-state index in [0.29, 0.717) is 10.9 Å². The van der Waals surface area contributed by atoms with Crippen molar-refractivity contribution in [2.75, 3.05) is 0 Å². The first-order chi connectivity index (χ1) is 9.56. The van der Waals surface area contributed by atoms with Gasteiger partial charge in [0.15, 0.2) is 5.17 Å². The molecule has 1 N–H and O–H groups in total. The van der Waals surface area contributed by atoms with Gasteiger partial charge in [-0.15, -0.1) is 5.10 Å². The minimum atomic E-state index is -1.26. The molecule has 0 radical (unpaired) electrons. The number of rotatable bonds is 4. The highest BCUT2D eigenvalue weighted by Gasteiger charge is 2.30. The average molecular weight is 290 g/mol. The van der Waals surface area contributed by atoms with Crippen LogP contribution in [0.4, 0.5) is 0 Å². The number of carboxylic acids is 1. The topological polar surface area (TPSA) is 94.0 Å². The van der Waals surface area contributed by atoms with Crippen LogP contribution in [0.15, 0.2) is 40.5 Å². The van der Waals surface area contributed by atoms with E-state index < -0.39 is 11.2 Å². The van der Waals surface area contributed by atoms with Crippen LogP contribution in [0.25, 0.3) is 0 Å². The van der Waals surface area contributed by atoms with E-state index in [-0.39, 0.29) is 12.3 Å². The summed E-state index contributed by atoms with van der Waals surface area (Å²) in [6, 6.07) is 9.49. The number of nitrogens with zero attached hydrogens (tertiary/aromatic N) is 2. The third-order valence-electron chi connectivity index (χ3n) is 2.61. The fraction of sp³-hybridized carbons (Fsp3) is 0.231. The minimum Gasteiger partial charge on any atom is -0.550 e. The van der Waals surface area contributed by atoms with Crippen molar-refractivity contribution in [3.05, 3.63) is 35.9 Å². The van der Waals surface area contributed by atoms with E-state index in [0.717, 1.165) is 17.3 Å². The molecule has 1 atom stereocenters. The van der Waals surface area contributed by atoms with E-state index >= 15 is 0 Å². The number of carbonyl (C=O) groups is 2. The monoisotopic (exact) mass is 290 g/mol. The molecule has 0 aromatic heterocycles. The summed E-state index contributed by atoms with van der Waals surface area (Å²) in [6.07, 6.45) is -0.336. The van der Waals surface area contributed by atoms with Crippen LogP contribution >= 0.6 is 11.8 Å². The lowest BCUT2D eigenvalue weighted by Crippen LogP contribution is -2.31. The first-order valence-corrected chi connectivity index (χ1v) is 6.79. The maximum Gasteiger partial charge on any atom is 0.239 e. The lowest BCUT2D eigenvalue weighted by atomic mass is 10.1. The summed E-state index contributed by atoms with van der Waals surface area (Å²) in [5, 5.41) is 20.5. The van der Waals surface area contributed by atoms with Gasteiger partial charge in [-0.3, -0.25) is 4.79 Å². The molecular weight excluding hydrogens is 278 g/mol. The summed E-state index contributed by atoms with van der Waals surface area (Å²) in [7, 11) is 0. The van der Waals surface area contributed by atoms with Gasteiger partial charge in [-0.25, -0.2) is 0 Å². The minimum absolute atomic E-state index is 0.302. The Hall–Kier alpha value is -2.15.